The number of para-hydroxylation sites is 1. The molecule has 8 nitrogen and oxygen atoms in total. The molecule has 0 radical (unpaired) electrons. The van der Waals surface area contributed by atoms with Gasteiger partial charge in [-0.3, -0.25) is 10.0 Å². The molecule has 2 aromatic carbocycles. The van der Waals surface area contributed by atoms with E-state index in [2.05, 4.69) is 0 Å². The van der Waals surface area contributed by atoms with Crippen molar-refractivity contribution in [3.05, 3.63) is 54.6 Å². The molecule has 0 saturated carbocycles. The van der Waals surface area contributed by atoms with Gasteiger partial charge in [-0.25, -0.2) is 13.9 Å². The fraction of sp³-hybridized carbons (Fsp3) is 0.316. The highest BCUT2D eigenvalue weighted by atomic mass is 32.2. The Morgan fingerprint density at radius 1 is 1.07 bits per heavy atom. The Morgan fingerprint density at radius 3 is 2.14 bits per heavy atom. The molecule has 0 atom stereocenters. The third-order valence-electron chi connectivity index (χ3n) is 5.28. The van der Waals surface area contributed by atoms with Crippen molar-refractivity contribution in [2.45, 2.75) is 29.3 Å². The molecule has 0 spiro atoms. The first kappa shape index (κ1) is 21.3. The quantitative estimate of drug-likeness (QED) is 0.372. The molecule has 1 saturated heterocycles. The lowest BCUT2D eigenvalue weighted by Crippen LogP contribution is -2.59. The summed E-state index contributed by atoms with van der Waals surface area (Å²) in [7, 11) is -4.86. The smallest absolute Gasteiger partial charge is 0.376 e. The number of nitrogens with one attached hydrogen (secondary N) is 1. The van der Waals surface area contributed by atoms with E-state index < -0.39 is 27.5 Å². The molecule has 0 aromatic heterocycles. The van der Waals surface area contributed by atoms with Gasteiger partial charge >= 0.3 is 7.05 Å². The van der Waals surface area contributed by atoms with E-state index in [9.17, 15) is 23.4 Å². The molecule has 10 heteroatoms. The topological polar surface area (TPSA) is 116 Å². The Bertz CT molecular complexity index is 942. The fourth-order valence-corrected chi connectivity index (χ4v) is 5.47. The molecule has 3 rings (SSSR count). The highest BCUT2D eigenvalue weighted by Gasteiger charge is 2.53. The fourth-order valence-electron chi connectivity index (χ4n) is 3.52. The Balaban J connectivity index is 1.87. The average molecular weight is 418 g/mol. The van der Waals surface area contributed by atoms with Gasteiger partial charge in [0.15, 0.2) is 14.6 Å². The largest absolute Gasteiger partial charge is 0.457 e. The Hall–Kier alpha value is -2.40. The second-order valence-corrected chi connectivity index (χ2v) is 9.25. The molecule has 29 heavy (non-hydrogen) atoms. The van der Waals surface area contributed by atoms with Gasteiger partial charge in [0.2, 0.25) is 0 Å². The van der Waals surface area contributed by atoms with Crippen LogP contribution in [0.4, 0.5) is 0 Å². The van der Waals surface area contributed by atoms with Crippen molar-refractivity contribution in [3.8, 4) is 11.5 Å². The van der Waals surface area contributed by atoms with Crippen LogP contribution in [-0.2, 0) is 14.6 Å². The van der Waals surface area contributed by atoms with Gasteiger partial charge in [-0.2, -0.15) is 0 Å². The van der Waals surface area contributed by atoms with Crippen molar-refractivity contribution < 1.29 is 28.2 Å². The predicted octanol–water partition coefficient (Wildman–Crippen LogP) is 1.70. The van der Waals surface area contributed by atoms with E-state index in [4.69, 9.17) is 4.74 Å². The number of carbonyl (C=O) groups is 1. The summed E-state index contributed by atoms with van der Waals surface area (Å²) in [5, 5.41) is 18.9. The van der Waals surface area contributed by atoms with Crippen LogP contribution in [0.5, 0.6) is 11.5 Å². The number of sulfone groups is 1. The lowest BCUT2D eigenvalue weighted by molar-refractivity contribution is -0.133. The zero-order chi connectivity index (χ0) is 21.1. The van der Waals surface area contributed by atoms with Crippen molar-refractivity contribution in [3.63, 3.8) is 0 Å². The number of hydroxylamine groups is 1. The highest BCUT2D eigenvalue weighted by Crippen LogP contribution is 2.37. The molecule has 1 heterocycles. The first-order valence-electron chi connectivity index (χ1n) is 9.24. The van der Waals surface area contributed by atoms with E-state index >= 15 is 0 Å². The van der Waals surface area contributed by atoms with Crippen LogP contribution in [0.1, 0.15) is 12.8 Å². The van der Waals surface area contributed by atoms with E-state index in [-0.39, 0.29) is 30.8 Å². The normalized spacial score (nSPS) is 16.8. The molecular weight excluding hydrogens is 395 g/mol. The molecule has 0 aliphatic carbocycles. The monoisotopic (exact) mass is 418 g/mol. The summed E-state index contributed by atoms with van der Waals surface area (Å²) < 4.78 is 30.6. The molecule has 2 aromatic rings. The number of amides is 1. The molecule has 1 aliphatic rings. The number of hydrogen-bond donors (Lipinski definition) is 3. The SMILES string of the molecule is CB(O)N1CCC(C(=O)NO)(S(=O)(=O)c2ccc(Oc3ccccc3)cc2)CC1. The predicted molar refractivity (Wildman–Crippen MR) is 107 cm³/mol. The van der Waals surface area contributed by atoms with Crippen LogP contribution in [-0.4, -0.2) is 54.3 Å². The number of ether oxygens (including phenoxy) is 1. The number of hydrogen-bond acceptors (Lipinski definition) is 7. The van der Waals surface area contributed by atoms with Crippen LogP contribution in [0.25, 0.3) is 0 Å². The molecule has 3 N–H and O–H groups in total. The van der Waals surface area contributed by atoms with Crippen LogP contribution in [0, 0.1) is 0 Å². The number of carbonyl (C=O) groups excluding carboxylic acids is 1. The molecular formula is C19H23BN2O6S. The summed E-state index contributed by atoms with van der Waals surface area (Å²) in [6, 6.07) is 14.9. The summed E-state index contributed by atoms with van der Waals surface area (Å²) in [4.78, 5) is 14.1. The Kier molecular flexibility index (Phi) is 6.28. The molecule has 1 fully saturated rings. The number of nitrogens with zero attached hydrogens (tertiary/aromatic N) is 1. The summed E-state index contributed by atoms with van der Waals surface area (Å²) >= 11 is 0. The summed E-state index contributed by atoms with van der Waals surface area (Å²) in [6.07, 6.45) is -0.0935. The number of benzene rings is 2. The van der Waals surface area contributed by atoms with Crippen molar-refractivity contribution in [2.75, 3.05) is 13.1 Å². The van der Waals surface area contributed by atoms with Gasteiger partial charge in [-0.05, 0) is 69.2 Å². The molecule has 1 aliphatic heterocycles. The molecule has 154 valence electrons. The zero-order valence-corrected chi connectivity index (χ0v) is 16.8. The molecule has 1 amide bonds. The van der Waals surface area contributed by atoms with Crippen LogP contribution in [0.15, 0.2) is 59.5 Å². The van der Waals surface area contributed by atoms with Gasteiger partial charge in [0.25, 0.3) is 5.91 Å². The summed E-state index contributed by atoms with van der Waals surface area (Å²) in [5.41, 5.74) is 1.52. The first-order valence-corrected chi connectivity index (χ1v) is 10.7. The standard InChI is InChI=1S/C19H23BN2O6S/c1-20(24)22-13-11-19(12-14-22,18(23)21-25)29(26,27)17-9-7-16(8-10-17)28-15-5-3-2-4-6-15/h2-10,24-25H,11-14H2,1H3,(H,21,23). The van der Waals surface area contributed by atoms with Gasteiger partial charge < -0.3 is 14.6 Å². The summed E-state index contributed by atoms with van der Waals surface area (Å²) in [6.45, 7) is 2.00. The maximum Gasteiger partial charge on any atom is 0.376 e. The second-order valence-electron chi connectivity index (χ2n) is 6.99. The van der Waals surface area contributed by atoms with E-state index in [0.717, 1.165) is 0 Å². The van der Waals surface area contributed by atoms with Gasteiger partial charge in [0.05, 0.1) is 4.90 Å². The number of piperidine rings is 1. The Morgan fingerprint density at radius 2 is 1.62 bits per heavy atom. The van der Waals surface area contributed by atoms with Gasteiger partial charge in [-0.15, -0.1) is 0 Å². The van der Waals surface area contributed by atoms with E-state index in [1.807, 2.05) is 18.2 Å². The van der Waals surface area contributed by atoms with Crippen LogP contribution in [0.3, 0.4) is 0 Å². The third-order valence-corrected chi connectivity index (χ3v) is 7.79. The zero-order valence-electron chi connectivity index (χ0n) is 16.0. The highest BCUT2D eigenvalue weighted by molar-refractivity contribution is 7.93. The maximum absolute atomic E-state index is 13.4. The minimum absolute atomic E-state index is 0.0352. The lowest BCUT2D eigenvalue weighted by atomic mass is 9.80. The van der Waals surface area contributed by atoms with Crippen LogP contribution >= 0.6 is 0 Å². The maximum atomic E-state index is 13.4. The first-order chi connectivity index (χ1) is 13.8. The van der Waals surface area contributed by atoms with E-state index in [0.29, 0.717) is 11.5 Å². The van der Waals surface area contributed by atoms with E-state index in [1.54, 1.807) is 23.8 Å². The van der Waals surface area contributed by atoms with Crippen molar-refractivity contribution >= 4 is 22.8 Å². The average Bonchev–Trinajstić information content (AvgIpc) is 2.74. The van der Waals surface area contributed by atoms with E-state index in [1.165, 1.54) is 29.7 Å². The molecule has 0 bridgehead atoms. The van der Waals surface area contributed by atoms with Crippen molar-refractivity contribution in [1.82, 2.24) is 10.3 Å². The van der Waals surface area contributed by atoms with Crippen LogP contribution in [0.2, 0.25) is 6.82 Å². The minimum atomic E-state index is -4.11. The summed E-state index contributed by atoms with van der Waals surface area (Å²) in [5.74, 6) is 0.108. The Labute approximate surface area is 170 Å². The van der Waals surface area contributed by atoms with Crippen molar-refractivity contribution in [1.29, 1.82) is 0 Å². The van der Waals surface area contributed by atoms with Gasteiger partial charge in [0, 0.05) is 0 Å². The van der Waals surface area contributed by atoms with Gasteiger partial charge in [0.1, 0.15) is 11.5 Å². The third kappa shape index (κ3) is 4.15. The second kappa shape index (κ2) is 8.54. The molecule has 0 unspecified atom stereocenters. The van der Waals surface area contributed by atoms with Crippen LogP contribution < -0.4 is 10.2 Å². The van der Waals surface area contributed by atoms with Gasteiger partial charge in [-0.1, -0.05) is 18.2 Å². The lowest BCUT2D eigenvalue weighted by Gasteiger charge is -2.39. The number of rotatable bonds is 6. The van der Waals surface area contributed by atoms with Crippen molar-refractivity contribution in [2.24, 2.45) is 0 Å². The minimum Gasteiger partial charge on any atom is -0.457 e.